The van der Waals surface area contributed by atoms with Gasteiger partial charge in [-0.3, -0.25) is 0 Å². The minimum Gasteiger partial charge on any atom is -0.497 e. The fourth-order valence-electron chi connectivity index (χ4n) is 3.34. The van der Waals surface area contributed by atoms with Gasteiger partial charge >= 0.3 is 0 Å². The van der Waals surface area contributed by atoms with Crippen molar-refractivity contribution in [3.8, 4) is 5.75 Å². The van der Waals surface area contributed by atoms with Crippen LogP contribution in [0.3, 0.4) is 0 Å². The van der Waals surface area contributed by atoms with Crippen LogP contribution in [0.2, 0.25) is 5.02 Å². The molecule has 0 aromatic heterocycles. The van der Waals surface area contributed by atoms with E-state index in [1.54, 1.807) is 7.11 Å². The van der Waals surface area contributed by atoms with Crippen molar-refractivity contribution >= 4 is 17.7 Å². The number of ether oxygens (including phenoxy) is 1. The van der Waals surface area contributed by atoms with Gasteiger partial charge < -0.3 is 14.7 Å². The normalized spacial score (nSPS) is 15.6. The molecular weight excluding hydrogens is 346 g/mol. The third-order valence-electron chi connectivity index (χ3n) is 4.74. The molecule has 26 heavy (non-hydrogen) atoms. The summed E-state index contributed by atoms with van der Waals surface area (Å²) < 4.78 is 5.26. The summed E-state index contributed by atoms with van der Waals surface area (Å²) in [6.07, 6.45) is 2.02. The number of benzene rings is 2. The average molecular weight is 374 g/mol. The summed E-state index contributed by atoms with van der Waals surface area (Å²) in [6.45, 7) is 4.81. The molecule has 0 bridgehead atoms. The molecule has 0 fully saturated rings. The van der Waals surface area contributed by atoms with E-state index in [0.717, 1.165) is 29.0 Å². The van der Waals surface area contributed by atoms with Crippen LogP contribution in [0.1, 0.15) is 25.0 Å². The number of aliphatic hydroxyl groups is 1. The minimum absolute atomic E-state index is 0.00514. The van der Waals surface area contributed by atoms with Crippen molar-refractivity contribution in [3.05, 3.63) is 70.3 Å². The summed E-state index contributed by atoms with van der Waals surface area (Å²) in [7, 11) is 5.67. The zero-order valence-electron chi connectivity index (χ0n) is 16.2. The summed E-state index contributed by atoms with van der Waals surface area (Å²) >= 11 is 5.98. The Bertz CT molecular complexity index is 738. The molecule has 0 radical (unpaired) electrons. The highest BCUT2D eigenvalue weighted by atomic mass is 35.5. The summed E-state index contributed by atoms with van der Waals surface area (Å²) in [6, 6.07) is 15.3. The Hall–Kier alpha value is -1.81. The van der Waals surface area contributed by atoms with Gasteiger partial charge in [-0.25, -0.2) is 0 Å². The van der Waals surface area contributed by atoms with Crippen molar-refractivity contribution < 1.29 is 9.84 Å². The maximum Gasteiger partial charge on any atom is 0.118 e. The van der Waals surface area contributed by atoms with Crippen LogP contribution in [0.4, 0.5) is 0 Å². The summed E-state index contributed by atoms with van der Waals surface area (Å²) in [5.41, 5.74) is 1.67. The fraction of sp³-hybridized carbons (Fsp3) is 0.364. The molecule has 0 saturated carbocycles. The minimum atomic E-state index is -1.09. The molecule has 2 rings (SSSR count). The summed E-state index contributed by atoms with van der Waals surface area (Å²) in [4.78, 5) is 2.09. The summed E-state index contributed by atoms with van der Waals surface area (Å²) in [5, 5.41) is 12.5. The van der Waals surface area contributed by atoms with Gasteiger partial charge in [-0.1, -0.05) is 48.9 Å². The molecule has 4 heteroatoms. The van der Waals surface area contributed by atoms with Gasteiger partial charge in [0.05, 0.1) is 7.11 Å². The fourth-order valence-corrected chi connectivity index (χ4v) is 3.47. The van der Waals surface area contributed by atoms with Crippen LogP contribution in [-0.4, -0.2) is 37.8 Å². The van der Waals surface area contributed by atoms with E-state index in [1.165, 1.54) is 0 Å². The lowest BCUT2D eigenvalue weighted by Crippen LogP contribution is -2.40. The quantitative estimate of drug-likeness (QED) is 0.753. The van der Waals surface area contributed by atoms with Gasteiger partial charge in [-0.15, -0.1) is 0 Å². The molecule has 0 aliphatic carbocycles. The molecular formula is C22H28ClNO2. The predicted molar refractivity (Wildman–Crippen MR) is 110 cm³/mol. The van der Waals surface area contributed by atoms with Crippen molar-refractivity contribution in [3.63, 3.8) is 0 Å². The molecule has 0 amide bonds. The first kappa shape index (κ1) is 20.5. The van der Waals surface area contributed by atoms with Gasteiger partial charge in [0.25, 0.3) is 0 Å². The average Bonchev–Trinajstić information content (AvgIpc) is 2.62. The van der Waals surface area contributed by atoms with Crippen molar-refractivity contribution in [1.29, 1.82) is 0 Å². The molecule has 0 aliphatic heterocycles. The van der Waals surface area contributed by atoms with Gasteiger partial charge in [-0.2, -0.15) is 0 Å². The number of nitrogens with zero attached hydrogens (tertiary/aromatic N) is 1. The number of methoxy groups -OCH3 is 1. The molecule has 0 aliphatic rings. The number of halogens is 1. The van der Waals surface area contributed by atoms with Crippen LogP contribution in [-0.2, 0) is 5.60 Å². The number of rotatable bonds is 7. The first-order valence-electron chi connectivity index (χ1n) is 8.73. The lowest BCUT2D eigenvalue weighted by Gasteiger charge is -2.37. The van der Waals surface area contributed by atoms with Crippen molar-refractivity contribution in [2.45, 2.75) is 19.4 Å². The molecule has 0 saturated heterocycles. The zero-order valence-corrected chi connectivity index (χ0v) is 16.9. The highest BCUT2D eigenvalue weighted by Gasteiger charge is 2.37. The molecule has 3 nitrogen and oxygen atoms in total. The third-order valence-corrected chi connectivity index (χ3v) is 4.99. The van der Waals surface area contributed by atoms with Crippen LogP contribution in [0.5, 0.6) is 5.75 Å². The Morgan fingerprint density at radius 2 is 1.73 bits per heavy atom. The monoisotopic (exact) mass is 373 g/mol. The zero-order chi connectivity index (χ0) is 19.3. The van der Waals surface area contributed by atoms with Crippen LogP contribution < -0.4 is 4.74 Å². The van der Waals surface area contributed by atoms with Crippen LogP contribution in [0.15, 0.2) is 54.1 Å². The van der Waals surface area contributed by atoms with E-state index in [9.17, 15) is 5.11 Å². The van der Waals surface area contributed by atoms with Crippen LogP contribution >= 0.6 is 11.6 Å². The predicted octanol–water partition coefficient (Wildman–Crippen LogP) is 4.84. The van der Waals surface area contributed by atoms with Gasteiger partial charge in [-0.05, 0) is 62.0 Å². The number of hydrogen-bond donors (Lipinski definition) is 1. The molecule has 2 atom stereocenters. The molecule has 1 N–H and O–H groups in total. The SMILES string of the molecule is COc1ccc(C(O)(C(C)=Cc2ccc(Cl)cc2)C(C)CN(C)C)cc1. The highest BCUT2D eigenvalue weighted by Crippen LogP contribution is 2.38. The van der Waals surface area contributed by atoms with E-state index < -0.39 is 5.60 Å². The lowest BCUT2D eigenvalue weighted by atomic mass is 9.76. The van der Waals surface area contributed by atoms with E-state index in [-0.39, 0.29) is 5.92 Å². The molecule has 2 unspecified atom stereocenters. The number of hydrogen-bond acceptors (Lipinski definition) is 3. The van der Waals surface area contributed by atoms with Crippen molar-refractivity contribution in [2.24, 2.45) is 5.92 Å². The van der Waals surface area contributed by atoms with Crippen molar-refractivity contribution in [2.75, 3.05) is 27.7 Å². The van der Waals surface area contributed by atoms with Gasteiger partial charge in [0, 0.05) is 17.5 Å². The Labute approximate surface area is 161 Å². The van der Waals surface area contributed by atoms with Crippen molar-refractivity contribution in [1.82, 2.24) is 4.90 Å². The topological polar surface area (TPSA) is 32.7 Å². The molecule has 0 heterocycles. The Morgan fingerprint density at radius 3 is 2.23 bits per heavy atom. The maximum absolute atomic E-state index is 11.8. The largest absolute Gasteiger partial charge is 0.497 e. The van der Waals surface area contributed by atoms with E-state index in [1.807, 2.05) is 75.6 Å². The van der Waals surface area contributed by atoms with E-state index in [0.29, 0.717) is 5.02 Å². The summed E-state index contributed by atoms with van der Waals surface area (Å²) in [5.74, 6) is 0.769. The highest BCUT2D eigenvalue weighted by molar-refractivity contribution is 6.30. The molecule has 140 valence electrons. The van der Waals surface area contributed by atoms with Crippen LogP contribution in [0.25, 0.3) is 6.08 Å². The molecule has 2 aromatic rings. The Kier molecular flexibility index (Phi) is 6.87. The second-order valence-electron chi connectivity index (χ2n) is 7.04. The molecule has 0 spiro atoms. The standard InChI is InChI=1S/C22H28ClNO2/c1-16(14-18-6-10-20(23)11-7-18)22(25,17(2)15-24(3)4)19-8-12-21(26-5)13-9-19/h6-14,17,25H,15H2,1-5H3. The van der Waals surface area contributed by atoms with E-state index in [2.05, 4.69) is 11.8 Å². The Morgan fingerprint density at radius 1 is 1.15 bits per heavy atom. The van der Waals surface area contributed by atoms with E-state index in [4.69, 9.17) is 16.3 Å². The molecule has 2 aromatic carbocycles. The smallest absolute Gasteiger partial charge is 0.118 e. The second-order valence-corrected chi connectivity index (χ2v) is 7.47. The first-order chi connectivity index (χ1) is 12.3. The maximum atomic E-state index is 11.8. The van der Waals surface area contributed by atoms with Gasteiger partial charge in [0.2, 0.25) is 0 Å². The first-order valence-corrected chi connectivity index (χ1v) is 9.11. The van der Waals surface area contributed by atoms with Crippen LogP contribution in [0, 0.1) is 5.92 Å². The van der Waals surface area contributed by atoms with E-state index >= 15 is 0 Å². The third kappa shape index (κ3) is 4.67. The Balaban J connectivity index is 2.49. The second kappa shape index (κ2) is 8.72. The lowest BCUT2D eigenvalue weighted by molar-refractivity contribution is 0.0105. The van der Waals surface area contributed by atoms with Gasteiger partial charge in [0.1, 0.15) is 11.4 Å². The van der Waals surface area contributed by atoms with Gasteiger partial charge in [0.15, 0.2) is 0 Å².